The van der Waals surface area contributed by atoms with Gasteiger partial charge in [-0.05, 0) is 26.8 Å². The Bertz CT molecular complexity index is 539. The number of hydrogen-bond donors (Lipinski definition) is 0. The third-order valence-corrected chi connectivity index (χ3v) is 2.80. The molecule has 0 aliphatic rings. The first-order valence-electron chi connectivity index (χ1n) is 6.05. The lowest BCUT2D eigenvalue weighted by molar-refractivity contribution is 0.364. The molecule has 3 heteroatoms. The van der Waals surface area contributed by atoms with E-state index < -0.39 is 0 Å². The summed E-state index contributed by atoms with van der Waals surface area (Å²) in [6.45, 7) is 13.2. The number of aromatic nitrogens is 3. The average Bonchev–Trinajstić information content (AvgIpc) is 2.54. The quantitative estimate of drug-likeness (QED) is 0.695. The van der Waals surface area contributed by atoms with Gasteiger partial charge in [0.25, 0.3) is 0 Å². The van der Waals surface area contributed by atoms with E-state index in [0.29, 0.717) is 0 Å². The van der Waals surface area contributed by atoms with Gasteiger partial charge in [0.05, 0.1) is 11.7 Å². The monoisotopic (exact) mass is 231 g/mol. The summed E-state index contributed by atoms with van der Waals surface area (Å²) >= 11 is 0. The van der Waals surface area contributed by atoms with Crippen LogP contribution in [0.5, 0.6) is 0 Å². The van der Waals surface area contributed by atoms with Crippen molar-refractivity contribution in [3.05, 3.63) is 24.3 Å². The van der Waals surface area contributed by atoms with Gasteiger partial charge in [-0.25, -0.2) is 4.98 Å². The Hall–Kier alpha value is -1.38. The van der Waals surface area contributed by atoms with Gasteiger partial charge in [-0.15, -0.1) is 0 Å². The highest BCUT2D eigenvalue weighted by molar-refractivity contribution is 5.75. The minimum Gasteiger partial charge on any atom is -0.322 e. The van der Waals surface area contributed by atoms with Crippen LogP contribution in [0.2, 0.25) is 0 Å². The van der Waals surface area contributed by atoms with Crippen molar-refractivity contribution in [3.63, 3.8) is 0 Å². The normalized spacial score (nSPS) is 13.3. The Labute approximate surface area is 103 Å². The van der Waals surface area contributed by atoms with E-state index in [0.717, 1.165) is 16.9 Å². The molecule has 3 nitrogen and oxygen atoms in total. The minimum atomic E-state index is 0.0265. The first-order valence-corrected chi connectivity index (χ1v) is 6.05. The van der Waals surface area contributed by atoms with Crippen molar-refractivity contribution >= 4 is 11.0 Å². The van der Waals surface area contributed by atoms with Crippen LogP contribution in [0, 0.1) is 0 Å². The molecule has 0 aliphatic heterocycles. The fourth-order valence-corrected chi connectivity index (χ4v) is 2.11. The maximum absolute atomic E-state index is 4.75. The average molecular weight is 231 g/mol. The van der Waals surface area contributed by atoms with Gasteiger partial charge in [-0.2, -0.15) is 0 Å². The molecule has 0 atom stereocenters. The molecule has 92 valence electrons. The van der Waals surface area contributed by atoms with E-state index in [9.17, 15) is 0 Å². The van der Waals surface area contributed by atoms with Gasteiger partial charge in [0.2, 0.25) is 0 Å². The minimum absolute atomic E-state index is 0.0265. The summed E-state index contributed by atoms with van der Waals surface area (Å²) in [6, 6.07) is 2.04. The molecular weight excluding hydrogens is 210 g/mol. The van der Waals surface area contributed by atoms with Gasteiger partial charge >= 0.3 is 0 Å². The Morgan fingerprint density at radius 3 is 2.24 bits per heavy atom. The van der Waals surface area contributed by atoms with Gasteiger partial charge in [-0.3, -0.25) is 4.98 Å². The molecule has 0 fully saturated rings. The Morgan fingerprint density at radius 2 is 1.71 bits per heavy atom. The summed E-state index contributed by atoms with van der Waals surface area (Å²) < 4.78 is 2.32. The molecule has 17 heavy (non-hydrogen) atoms. The predicted molar refractivity (Wildman–Crippen MR) is 71.2 cm³/mol. The second-order valence-electron chi connectivity index (χ2n) is 6.56. The SMILES string of the molecule is CC(C)(C)c1nc2cnccc2n1C(C)(C)C. The van der Waals surface area contributed by atoms with Gasteiger partial charge in [-0.1, -0.05) is 20.8 Å². The highest BCUT2D eigenvalue weighted by atomic mass is 15.1. The number of pyridine rings is 1. The highest BCUT2D eigenvalue weighted by Gasteiger charge is 2.28. The molecule has 0 aliphatic carbocycles. The topological polar surface area (TPSA) is 30.7 Å². The molecule has 2 rings (SSSR count). The van der Waals surface area contributed by atoms with Gasteiger partial charge < -0.3 is 4.57 Å². The third-order valence-electron chi connectivity index (χ3n) is 2.80. The third kappa shape index (κ3) is 2.06. The van der Waals surface area contributed by atoms with Crippen molar-refractivity contribution in [2.75, 3.05) is 0 Å². The van der Waals surface area contributed by atoms with Crippen LogP contribution in [0.1, 0.15) is 47.4 Å². The number of rotatable bonds is 0. The highest BCUT2D eigenvalue weighted by Crippen LogP contribution is 2.31. The van der Waals surface area contributed by atoms with Crippen LogP contribution in [0.25, 0.3) is 11.0 Å². The summed E-state index contributed by atoms with van der Waals surface area (Å²) in [4.78, 5) is 8.91. The Kier molecular flexibility index (Phi) is 2.53. The molecule has 0 N–H and O–H groups in total. The number of fused-ring (bicyclic) bond motifs is 1. The lowest BCUT2D eigenvalue weighted by atomic mass is 9.94. The van der Waals surface area contributed by atoms with E-state index in [1.54, 1.807) is 0 Å². The Morgan fingerprint density at radius 1 is 1.06 bits per heavy atom. The van der Waals surface area contributed by atoms with Gasteiger partial charge in [0.15, 0.2) is 0 Å². The molecule has 0 unspecified atom stereocenters. The lowest BCUT2D eigenvalue weighted by Gasteiger charge is -2.29. The van der Waals surface area contributed by atoms with E-state index in [2.05, 4.69) is 51.1 Å². The Balaban J connectivity index is 2.84. The number of hydrogen-bond acceptors (Lipinski definition) is 2. The van der Waals surface area contributed by atoms with Crippen molar-refractivity contribution in [3.8, 4) is 0 Å². The van der Waals surface area contributed by atoms with Crippen molar-refractivity contribution in [1.29, 1.82) is 0 Å². The van der Waals surface area contributed by atoms with Crippen molar-refractivity contribution in [2.24, 2.45) is 0 Å². The maximum atomic E-state index is 4.75. The maximum Gasteiger partial charge on any atom is 0.115 e. The standard InChI is InChI=1S/C14H21N3/c1-13(2,3)12-16-10-9-15-8-7-11(10)17(12)14(4,5)6/h7-9H,1-6H3. The molecule has 0 spiro atoms. The summed E-state index contributed by atoms with van der Waals surface area (Å²) in [7, 11) is 0. The van der Waals surface area contributed by atoms with Crippen LogP contribution in [-0.2, 0) is 11.0 Å². The molecule has 2 aromatic heterocycles. The molecule has 0 aromatic carbocycles. The molecule has 0 radical (unpaired) electrons. The van der Waals surface area contributed by atoms with Crippen LogP contribution >= 0.6 is 0 Å². The van der Waals surface area contributed by atoms with Crippen LogP contribution < -0.4 is 0 Å². The number of imidazole rings is 1. The summed E-state index contributed by atoms with van der Waals surface area (Å²) in [5.41, 5.74) is 2.20. The van der Waals surface area contributed by atoms with E-state index in [1.165, 1.54) is 0 Å². The summed E-state index contributed by atoms with van der Waals surface area (Å²) in [6.07, 6.45) is 3.67. The van der Waals surface area contributed by atoms with Crippen LogP contribution in [-0.4, -0.2) is 14.5 Å². The van der Waals surface area contributed by atoms with E-state index in [-0.39, 0.29) is 11.0 Å². The second-order valence-corrected chi connectivity index (χ2v) is 6.56. The fourth-order valence-electron chi connectivity index (χ4n) is 2.11. The summed E-state index contributed by atoms with van der Waals surface area (Å²) in [5.74, 6) is 1.12. The zero-order valence-electron chi connectivity index (χ0n) is 11.6. The summed E-state index contributed by atoms with van der Waals surface area (Å²) in [5, 5.41) is 0. The molecular formula is C14H21N3. The molecule has 0 bridgehead atoms. The van der Waals surface area contributed by atoms with E-state index in [1.807, 2.05) is 18.5 Å². The van der Waals surface area contributed by atoms with E-state index in [4.69, 9.17) is 4.98 Å². The van der Waals surface area contributed by atoms with Crippen LogP contribution in [0.3, 0.4) is 0 Å². The van der Waals surface area contributed by atoms with Crippen molar-refractivity contribution in [2.45, 2.75) is 52.5 Å². The largest absolute Gasteiger partial charge is 0.322 e. The van der Waals surface area contributed by atoms with Crippen molar-refractivity contribution in [1.82, 2.24) is 14.5 Å². The van der Waals surface area contributed by atoms with Gasteiger partial charge in [0.1, 0.15) is 11.3 Å². The first kappa shape index (κ1) is 12.1. The zero-order valence-corrected chi connectivity index (χ0v) is 11.6. The first-order chi connectivity index (χ1) is 7.71. The van der Waals surface area contributed by atoms with Crippen molar-refractivity contribution < 1.29 is 0 Å². The molecule has 2 heterocycles. The lowest BCUT2D eigenvalue weighted by Crippen LogP contribution is -2.29. The molecule has 0 saturated heterocycles. The van der Waals surface area contributed by atoms with Crippen LogP contribution in [0.15, 0.2) is 18.5 Å². The molecule has 0 amide bonds. The number of nitrogens with zero attached hydrogens (tertiary/aromatic N) is 3. The molecule has 0 saturated carbocycles. The fraction of sp³-hybridized carbons (Fsp3) is 0.571. The zero-order chi connectivity index (χ0) is 12.8. The molecule has 2 aromatic rings. The van der Waals surface area contributed by atoms with Gasteiger partial charge in [0, 0.05) is 17.2 Å². The smallest absolute Gasteiger partial charge is 0.115 e. The van der Waals surface area contributed by atoms with E-state index >= 15 is 0 Å². The predicted octanol–water partition coefficient (Wildman–Crippen LogP) is 3.48. The second kappa shape index (κ2) is 3.56. The van der Waals surface area contributed by atoms with Crippen LogP contribution in [0.4, 0.5) is 0 Å².